The third-order valence-electron chi connectivity index (χ3n) is 6.39. The summed E-state index contributed by atoms with van der Waals surface area (Å²) < 4.78 is 22.7. The van der Waals surface area contributed by atoms with Gasteiger partial charge in [-0.3, -0.25) is 4.79 Å². The summed E-state index contributed by atoms with van der Waals surface area (Å²) in [7, 11) is 8.78. The largest absolute Gasteiger partial charge is 0.493 e. The Labute approximate surface area is 184 Å². The maximum atomic E-state index is 11.6. The second-order valence-corrected chi connectivity index (χ2v) is 8.21. The Morgan fingerprint density at radius 3 is 2.19 bits per heavy atom. The number of quaternary nitrogens is 1. The maximum Gasteiger partial charge on any atom is 0.223 e. The van der Waals surface area contributed by atoms with Crippen LogP contribution in [0.25, 0.3) is 0 Å². The number of amides is 1. The van der Waals surface area contributed by atoms with E-state index in [2.05, 4.69) is 25.2 Å². The van der Waals surface area contributed by atoms with Gasteiger partial charge in [-0.05, 0) is 35.4 Å². The fourth-order valence-electron chi connectivity index (χ4n) is 4.53. The van der Waals surface area contributed by atoms with Crippen LogP contribution in [0.1, 0.15) is 29.2 Å². The van der Waals surface area contributed by atoms with Gasteiger partial charge in [-0.25, -0.2) is 0 Å². The zero-order chi connectivity index (χ0) is 22.6. The smallest absolute Gasteiger partial charge is 0.223 e. The number of fused-ring (bicyclic) bond motifs is 1. The number of benzene rings is 2. The summed E-state index contributed by atoms with van der Waals surface area (Å²) in [6, 6.07) is 10.3. The number of primary amides is 1. The lowest BCUT2D eigenvalue weighted by Crippen LogP contribution is -2.53. The number of methoxy groups -OCH3 is 4. The molecule has 0 saturated heterocycles. The van der Waals surface area contributed by atoms with Gasteiger partial charge >= 0.3 is 0 Å². The van der Waals surface area contributed by atoms with Gasteiger partial charge in [0, 0.05) is 18.4 Å². The molecule has 0 spiro atoms. The lowest BCUT2D eigenvalue weighted by molar-refractivity contribution is -0.940. The number of carbonyl (C=O) groups is 1. The van der Waals surface area contributed by atoms with Crippen molar-refractivity contribution in [2.75, 3.05) is 48.6 Å². The third-order valence-corrected chi connectivity index (χ3v) is 6.39. The fourth-order valence-corrected chi connectivity index (χ4v) is 4.53. The fraction of sp³-hybridized carbons (Fsp3) is 0.458. The van der Waals surface area contributed by atoms with Gasteiger partial charge in [-0.2, -0.15) is 0 Å². The van der Waals surface area contributed by atoms with E-state index in [1.807, 2.05) is 12.1 Å². The Morgan fingerprint density at radius 2 is 1.58 bits per heavy atom. The van der Waals surface area contributed by atoms with Crippen molar-refractivity contribution in [1.82, 2.24) is 0 Å². The Bertz CT molecular complexity index is 946. The normalized spacial score (nSPS) is 20.0. The number of rotatable bonds is 9. The number of nitrogens with two attached hydrogens (primary N) is 1. The summed E-state index contributed by atoms with van der Waals surface area (Å²) in [5.74, 6) is 2.57. The molecule has 31 heavy (non-hydrogen) atoms. The monoisotopic (exact) mass is 429 g/mol. The first kappa shape index (κ1) is 22.7. The predicted molar refractivity (Wildman–Crippen MR) is 119 cm³/mol. The second kappa shape index (κ2) is 9.47. The van der Waals surface area contributed by atoms with Gasteiger partial charge in [0.05, 0.1) is 55.0 Å². The van der Waals surface area contributed by atoms with E-state index in [-0.39, 0.29) is 11.9 Å². The standard InChI is InChI=1S/C24H32N2O5/c1-26(11-9-24(25)27)10-8-17-14-22(30-4)23(31-5)15-18(17)19(26)12-16-6-7-20(28-2)21(13-16)29-3/h6-7,13-15,19H,8-12H2,1-5H3,(H-,25,27)/p+1/t19-,26+/m1/s1. The van der Waals surface area contributed by atoms with Crippen molar-refractivity contribution in [3.63, 3.8) is 0 Å². The van der Waals surface area contributed by atoms with Gasteiger partial charge in [0.2, 0.25) is 5.91 Å². The molecule has 3 rings (SSSR count). The lowest BCUT2D eigenvalue weighted by atomic mass is 9.86. The van der Waals surface area contributed by atoms with Gasteiger partial charge in [0.1, 0.15) is 6.04 Å². The number of likely N-dealkylation sites (N-methyl/N-ethyl adjacent to an activating group) is 1. The molecular weight excluding hydrogens is 396 g/mol. The highest BCUT2D eigenvalue weighted by molar-refractivity contribution is 5.73. The molecule has 7 heteroatoms. The van der Waals surface area contributed by atoms with Crippen molar-refractivity contribution in [3.05, 3.63) is 47.0 Å². The molecule has 0 aliphatic carbocycles. The van der Waals surface area contributed by atoms with Gasteiger partial charge in [-0.15, -0.1) is 0 Å². The van der Waals surface area contributed by atoms with Crippen molar-refractivity contribution < 1.29 is 28.2 Å². The van der Waals surface area contributed by atoms with E-state index >= 15 is 0 Å². The molecule has 168 valence electrons. The van der Waals surface area contributed by atoms with Crippen molar-refractivity contribution in [3.8, 4) is 23.0 Å². The number of hydrogen-bond acceptors (Lipinski definition) is 5. The first-order chi connectivity index (χ1) is 14.8. The van der Waals surface area contributed by atoms with E-state index < -0.39 is 0 Å². The van der Waals surface area contributed by atoms with Gasteiger partial charge in [0.15, 0.2) is 23.0 Å². The van der Waals surface area contributed by atoms with Crippen LogP contribution in [0, 0.1) is 0 Å². The SMILES string of the molecule is COc1ccc(C[C@@H]2c3cc(OC)c(OC)cc3CC[N@@+]2(C)CCC(N)=O)cc1OC. The van der Waals surface area contributed by atoms with Crippen LogP contribution < -0.4 is 24.7 Å². The van der Waals surface area contributed by atoms with Crippen molar-refractivity contribution in [2.24, 2.45) is 5.73 Å². The molecule has 2 atom stereocenters. The first-order valence-electron chi connectivity index (χ1n) is 10.4. The van der Waals surface area contributed by atoms with Crippen molar-refractivity contribution in [1.29, 1.82) is 0 Å². The van der Waals surface area contributed by atoms with Gasteiger partial charge in [0.25, 0.3) is 0 Å². The second-order valence-electron chi connectivity index (χ2n) is 8.21. The van der Waals surface area contributed by atoms with E-state index in [0.717, 1.165) is 35.2 Å². The Morgan fingerprint density at radius 1 is 0.968 bits per heavy atom. The maximum absolute atomic E-state index is 11.6. The van der Waals surface area contributed by atoms with Gasteiger partial charge < -0.3 is 29.2 Å². The van der Waals surface area contributed by atoms with E-state index in [4.69, 9.17) is 24.7 Å². The summed E-state index contributed by atoms with van der Waals surface area (Å²) in [5.41, 5.74) is 9.09. The Kier molecular flexibility index (Phi) is 6.95. The predicted octanol–water partition coefficient (Wildman–Crippen LogP) is 2.88. The quantitative estimate of drug-likeness (QED) is 0.620. The minimum atomic E-state index is -0.276. The molecular formula is C24H33N2O5+. The van der Waals surface area contributed by atoms with Crippen LogP contribution >= 0.6 is 0 Å². The molecule has 1 aliphatic rings. The number of carbonyl (C=O) groups excluding carboxylic acids is 1. The molecule has 2 N–H and O–H groups in total. The van der Waals surface area contributed by atoms with Crippen molar-refractivity contribution >= 4 is 5.91 Å². The minimum Gasteiger partial charge on any atom is -0.493 e. The molecule has 0 saturated carbocycles. The van der Waals surface area contributed by atoms with Crippen molar-refractivity contribution in [2.45, 2.75) is 25.3 Å². The van der Waals surface area contributed by atoms with E-state index in [9.17, 15) is 4.79 Å². The molecule has 2 aromatic rings. The zero-order valence-corrected chi connectivity index (χ0v) is 19.1. The summed E-state index contributed by atoms with van der Waals surface area (Å²) in [5, 5.41) is 0. The lowest BCUT2D eigenvalue weighted by Gasteiger charge is -2.46. The molecule has 7 nitrogen and oxygen atoms in total. The van der Waals surface area contributed by atoms with Crippen LogP contribution in [-0.2, 0) is 17.6 Å². The summed E-state index contributed by atoms with van der Waals surface area (Å²) in [4.78, 5) is 11.6. The molecule has 0 radical (unpaired) electrons. The van der Waals surface area contributed by atoms with Crippen LogP contribution in [0.3, 0.4) is 0 Å². The molecule has 0 unspecified atom stereocenters. The Hall–Kier alpha value is -2.93. The van der Waals surface area contributed by atoms with E-state index in [0.29, 0.717) is 30.2 Å². The topological polar surface area (TPSA) is 80.0 Å². The van der Waals surface area contributed by atoms with Crippen LogP contribution in [0.15, 0.2) is 30.3 Å². The molecule has 0 bridgehead atoms. The molecule has 1 aliphatic heterocycles. The summed E-state index contributed by atoms with van der Waals surface area (Å²) >= 11 is 0. The molecule has 1 heterocycles. The van der Waals surface area contributed by atoms with E-state index in [1.165, 1.54) is 11.1 Å². The average Bonchev–Trinajstić information content (AvgIpc) is 2.78. The third kappa shape index (κ3) is 4.71. The highest BCUT2D eigenvalue weighted by Gasteiger charge is 2.40. The van der Waals surface area contributed by atoms with Crippen LogP contribution in [0.2, 0.25) is 0 Å². The number of hydrogen-bond donors (Lipinski definition) is 1. The van der Waals surface area contributed by atoms with Crippen LogP contribution in [0.5, 0.6) is 23.0 Å². The Balaban J connectivity index is 2.06. The minimum absolute atomic E-state index is 0.126. The molecule has 2 aromatic carbocycles. The summed E-state index contributed by atoms with van der Waals surface area (Å²) in [6.07, 6.45) is 2.02. The molecule has 0 fully saturated rings. The zero-order valence-electron chi connectivity index (χ0n) is 19.1. The van der Waals surface area contributed by atoms with Gasteiger partial charge in [-0.1, -0.05) is 6.07 Å². The number of nitrogens with zero attached hydrogens (tertiary/aromatic N) is 1. The first-order valence-corrected chi connectivity index (χ1v) is 10.4. The van der Waals surface area contributed by atoms with E-state index in [1.54, 1.807) is 28.4 Å². The molecule has 0 aromatic heterocycles. The highest BCUT2D eigenvalue weighted by Crippen LogP contribution is 2.43. The van der Waals surface area contributed by atoms with Crippen LogP contribution in [-0.4, -0.2) is 59.0 Å². The number of ether oxygens (including phenoxy) is 4. The molecule has 1 amide bonds. The average molecular weight is 430 g/mol. The van der Waals surface area contributed by atoms with Crippen LogP contribution in [0.4, 0.5) is 0 Å². The summed E-state index contributed by atoms with van der Waals surface area (Å²) in [6.45, 7) is 1.59. The highest BCUT2D eigenvalue weighted by atomic mass is 16.5.